The Morgan fingerprint density at radius 2 is 1.59 bits per heavy atom. The number of piperidine rings is 1. The quantitative estimate of drug-likeness (QED) is 0.277. The van der Waals surface area contributed by atoms with Crippen molar-refractivity contribution in [3.8, 4) is 5.88 Å². The van der Waals surface area contributed by atoms with Crippen LogP contribution in [0.2, 0.25) is 0 Å². The number of nitrogens with one attached hydrogen (secondary N) is 1. The first-order valence-corrected chi connectivity index (χ1v) is 13.7. The number of aromatic hydroxyl groups is 1. The van der Waals surface area contributed by atoms with E-state index in [2.05, 4.69) is 26.4 Å². The summed E-state index contributed by atoms with van der Waals surface area (Å²) in [6, 6.07) is 22.7. The van der Waals surface area contributed by atoms with Crippen LogP contribution in [-0.4, -0.2) is 42.2 Å². The van der Waals surface area contributed by atoms with Crippen molar-refractivity contribution in [1.29, 1.82) is 0 Å². The molecule has 3 aromatic carbocycles. The lowest BCUT2D eigenvalue weighted by Crippen LogP contribution is -2.28. The van der Waals surface area contributed by atoms with Crippen molar-refractivity contribution in [2.75, 3.05) is 13.1 Å². The maximum Gasteiger partial charge on any atom is 0.316 e. The Hall–Kier alpha value is -3.75. The fraction of sp³-hybridized carbons (Fsp3) is 0.276. The minimum atomic E-state index is -2.57. The molecule has 1 aliphatic heterocycles. The number of hydrogen-bond acceptors (Lipinski definition) is 6. The molecule has 192 valence electrons. The van der Waals surface area contributed by atoms with E-state index in [1.807, 2.05) is 56.3 Å². The van der Waals surface area contributed by atoms with Crippen LogP contribution in [0.15, 0.2) is 82.2 Å². The highest BCUT2D eigenvalue weighted by Gasteiger charge is 2.19. The van der Waals surface area contributed by atoms with E-state index in [9.17, 15) is 13.5 Å². The second-order valence-corrected chi connectivity index (χ2v) is 9.33. The van der Waals surface area contributed by atoms with Crippen molar-refractivity contribution in [2.45, 2.75) is 39.7 Å². The Balaban J connectivity index is 0.00000156. The number of aromatic amines is 1. The van der Waals surface area contributed by atoms with Crippen molar-refractivity contribution in [3.05, 3.63) is 89.5 Å². The molecule has 1 aliphatic rings. The van der Waals surface area contributed by atoms with Gasteiger partial charge < -0.3 is 10.1 Å². The van der Waals surface area contributed by atoms with E-state index in [1.54, 1.807) is 18.2 Å². The van der Waals surface area contributed by atoms with E-state index in [0.29, 0.717) is 22.2 Å². The highest BCUT2D eigenvalue weighted by atomic mass is 32.2. The molecule has 0 amide bonds. The normalized spacial score (nSPS) is 14.2. The lowest BCUT2D eigenvalue weighted by atomic mass is 10.0. The van der Waals surface area contributed by atoms with Crippen LogP contribution in [0, 0.1) is 0 Å². The zero-order valence-corrected chi connectivity index (χ0v) is 22.0. The van der Waals surface area contributed by atoms with Crippen LogP contribution >= 0.6 is 0 Å². The number of hydrogen-bond donors (Lipinski definition) is 2. The average molecular weight is 517 g/mol. The molecule has 0 spiro atoms. The number of fused-ring (bicyclic) bond motifs is 1. The van der Waals surface area contributed by atoms with Gasteiger partial charge in [-0.15, -0.1) is 4.36 Å². The molecule has 0 bridgehead atoms. The summed E-state index contributed by atoms with van der Waals surface area (Å²) in [6.07, 6.45) is 3.84. The number of rotatable bonds is 6. The molecule has 37 heavy (non-hydrogen) atoms. The summed E-state index contributed by atoms with van der Waals surface area (Å²) in [4.78, 5) is 10.4. The largest absolute Gasteiger partial charge is 0.494 e. The molecular weight excluding hydrogens is 484 g/mol. The molecule has 7 nitrogen and oxygen atoms in total. The monoisotopic (exact) mass is 516 g/mol. The van der Waals surface area contributed by atoms with Gasteiger partial charge in [0.05, 0.1) is 22.6 Å². The first-order valence-electron chi connectivity index (χ1n) is 12.7. The summed E-state index contributed by atoms with van der Waals surface area (Å²) >= 11 is 0. The lowest BCUT2D eigenvalue weighted by molar-refractivity contribution is 0.221. The van der Waals surface area contributed by atoms with Gasteiger partial charge in [0.2, 0.25) is 0 Å². The minimum Gasteiger partial charge on any atom is -0.494 e. The Bertz CT molecular complexity index is 1490. The van der Waals surface area contributed by atoms with Crippen LogP contribution in [0.1, 0.15) is 49.8 Å². The van der Waals surface area contributed by atoms with Crippen LogP contribution in [0.5, 0.6) is 5.88 Å². The summed E-state index contributed by atoms with van der Waals surface area (Å²) in [7, 11) is -2.57. The van der Waals surface area contributed by atoms with Crippen molar-refractivity contribution in [2.24, 2.45) is 9.36 Å². The summed E-state index contributed by atoms with van der Waals surface area (Å²) < 4.78 is 25.8. The highest BCUT2D eigenvalue weighted by molar-refractivity contribution is 7.61. The maximum atomic E-state index is 11.1. The number of aliphatic imine (C=N–C) groups is 1. The zero-order valence-electron chi connectivity index (χ0n) is 21.2. The average Bonchev–Trinajstić information content (AvgIpc) is 3.25. The van der Waals surface area contributed by atoms with Gasteiger partial charge in [-0.25, -0.2) is 4.99 Å². The molecule has 5 rings (SSSR count). The molecule has 8 heteroatoms. The molecule has 2 heterocycles. The second kappa shape index (κ2) is 12.5. The SMILES string of the molecule is CC.O=S(=O)=Nc1ccc2[nH]c(O)c(C(=Nc3ccc(CN4CCCCC4)cc3)c3ccccc3)c2c1. The molecule has 1 fully saturated rings. The van der Waals surface area contributed by atoms with E-state index < -0.39 is 10.5 Å². The van der Waals surface area contributed by atoms with Crippen LogP contribution in [0.3, 0.4) is 0 Å². The molecular formula is C29H32N4O3S. The molecule has 0 radical (unpaired) electrons. The smallest absolute Gasteiger partial charge is 0.316 e. The van der Waals surface area contributed by atoms with E-state index >= 15 is 0 Å². The predicted octanol–water partition coefficient (Wildman–Crippen LogP) is 6.75. The fourth-order valence-electron chi connectivity index (χ4n) is 4.59. The third-order valence-corrected chi connectivity index (χ3v) is 6.62. The van der Waals surface area contributed by atoms with Crippen LogP contribution in [-0.2, 0) is 17.0 Å². The van der Waals surface area contributed by atoms with Gasteiger partial charge in [0.1, 0.15) is 0 Å². The van der Waals surface area contributed by atoms with Crippen molar-refractivity contribution < 1.29 is 13.5 Å². The Kier molecular flexibility index (Phi) is 8.87. The molecule has 0 aliphatic carbocycles. The zero-order chi connectivity index (χ0) is 26.2. The van der Waals surface area contributed by atoms with Gasteiger partial charge >= 0.3 is 10.5 Å². The van der Waals surface area contributed by atoms with Gasteiger partial charge in [0.15, 0.2) is 5.88 Å². The lowest BCUT2D eigenvalue weighted by Gasteiger charge is -2.26. The van der Waals surface area contributed by atoms with E-state index in [-0.39, 0.29) is 11.6 Å². The summed E-state index contributed by atoms with van der Waals surface area (Å²) in [6.45, 7) is 7.23. The first kappa shape index (κ1) is 26.3. The maximum absolute atomic E-state index is 11.1. The Morgan fingerprint density at radius 3 is 2.27 bits per heavy atom. The summed E-state index contributed by atoms with van der Waals surface area (Å²) in [5, 5.41) is 11.5. The van der Waals surface area contributed by atoms with Crippen LogP contribution < -0.4 is 0 Å². The van der Waals surface area contributed by atoms with Gasteiger partial charge in [-0.2, -0.15) is 8.42 Å². The number of benzene rings is 3. The second-order valence-electron chi connectivity index (χ2n) is 8.72. The minimum absolute atomic E-state index is 0.0373. The van der Waals surface area contributed by atoms with Gasteiger partial charge in [-0.05, 0) is 61.8 Å². The molecule has 1 saturated heterocycles. The van der Waals surface area contributed by atoms with Gasteiger partial charge in [0, 0.05) is 23.0 Å². The molecule has 4 aromatic rings. The topological polar surface area (TPSA) is 98.1 Å². The number of nitrogens with zero attached hydrogens (tertiary/aromatic N) is 3. The van der Waals surface area contributed by atoms with Gasteiger partial charge in [-0.3, -0.25) is 4.90 Å². The van der Waals surface area contributed by atoms with Crippen molar-refractivity contribution >= 4 is 38.5 Å². The first-order chi connectivity index (χ1) is 18.1. The Labute approximate surface area is 219 Å². The van der Waals surface area contributed by atoms with Gasteiger partial charge in [-0.1, -0.05) is 62.7 Å². The van der Waals surface area contributed by atoms with Gasteiger partial charge in [0.25, 0.3) is 0 Å². The number of likely N-dealkylation sites (tertiary alicyclic amines) is 1. The fourth-order valence-corrected chi connectivity index (χ4v) is 4.88. The number of aromatic nitrogens is 1. The highest BCUT2D eigenvalue weighted by Crippen LogP contribution is 2.33. The predicted molar refractivity (Wildman–Crippen MR) is 150 cm³/mol. The molecule has 2 N–H and O–H groups in total. The summed E-state index contributed by atoms with van der Waals surface area (Å²) in [5.74, 6) is -0.0373. The van der Waals surface area contributed by atoms with E-state index in [0.717, 1.165) is 30.9 Å². The molecule has 0 saturated carbocycles. The third-order valence-electron chi connectivity index (χ3n) is 6.26. The Morgan fingerprint density at radius 1 is 0.919 bits per heavy atom. The summed E-state index contributed by atoms with van der Waals surface area (Å²) in [5.41, 5.74) is 4.86. The number of H-pyrrole nitrogens is 1. The molecule has 0 atom stereocenters. The molecule has 0 unspecified atom stereocenters. The van der Waals surface area contributed by atoms with E-state index in [1.165, 1.54) is 24.8 Å². The third kappa shape index (κ3) is 6.53. The van der Waals surface area contributed by atoms with Crippen LogP contribution in [0.4, 0.5) is 11.4 Å². The van der Waals surface area contributed by atoms with Crippen molar-refractivity contribution in [1.82, 2.24) is 9.88 Å². The van der Waals surface area contributed by atoms with E-state index in [4.69, 9.17) is 4.99 Å². The standard InChI is InChI=1S/C27H26N4O3S.C2H6/c32-27-25(23-17-22(30-35(33)34)13-14-24(23)29-27)26(20-7-3-1-4-8-20)28-21-11-9-19(10-12-21)18-31-15-5-2-6-16-31;1-2/h1,3-4,7-14,17,29,32H,2,5-6,15-16,18H2;1-2H3. The molecule has 1 aromatic heterocycles. The van der Waals surface area contributed by atoms with Crippen LogP contribution in [0.25, 0.3) is 10.9 Å². The van der Waals surface area contributed by atoms with Crippen molar-refractivity contribution in [3.63, 3.8) is 0 Å².